The summed E-state index contributed by atoms with van der Waals surface area (Å²) in [6.07, 6.45) is 0. The van der Waals surface area contributed by atoms with Gasteiger partial charge in [-0.1, -0.05) is 0 Å². The van der Waals surface area contributed by atoms with Gasteiger partial charge in [-0.25, -0.2) is 8.78 Å². The Bertz CT molecular complexity index is 1160. The molecule has 10 heteroatoms. The zero-order valence-corrected chi connectivity index (χ0v) is 19.0. The number of hydrogen-bond donors (Lipinski definition) is 0. The van der Waals surface area contributed by atoms with Crippen LogP contribution < -0.4 is 19.1 Å². The molecule has 1 amide bonds. The first kappa shape index (κ1) is 23.2. The largest absolute Gasteiger partial charge is 0.493 e. The van der Waals surface area contributed by atoms with Crippen molar-refractivity contribution in [2.45, 2.75) is 0 Å². The molecular formula is C24H24F2N4O4. The zero-order chi connectivity index (χ0) is 24.2. The third-order valence-electron chi connectivity index (χ3n) is 5.67. The van der Waals surface area contributed by atoms with Crippen LogP contribution in [0, 0.1) is 11.6 Å². The van der Waals surface area contributed by atoms with Crippen LogP contribution in [-0.2, 0) is 0 Å². The van der Waals surface area contributed by atoms with Gasteiger partial charge < -0.3 is 24.0 Å². The van der Waals surface area contributed by atoms with E-state index in [1.54, 1.807) is 38.4 Å². The standard InChI is InChI=1S/C24H24F2N4O4/c1-32-20-13-16(14-21(33-2)23(20)34-3)19-6-7-22(28-27-19)29-8-10-30(11-9-29)24(31)15-4-5-17(25)18(26)12-15/h4-7,12-14H,8-11H2,1-3H3. The summed E-state index contributed by atoms with van der Waals surface area (Å²) in [6.45, 7) is 1.92. The van der Waals surface area contributed by atoms with E-state index in [2.05, 4.69) is 10.2 Å². The van der Waals surface area contributed by atoms with Gasteiger partial charge in [0.05, 0.1) is 27.0 Å². The van der Waals surface area contributed by atoms with Crippen LogP contribution in [0.2, 0.25) is 0 Å². The highest BCUT2D eigenvalue weighted by atomic mass is 19.2. The van der Waals surface area contributed by atoms with Crippen molar-refractivity contribution in [1.29, 1.82) is 0 Å². The van der Waals surface area contributed by atoms with Crippen LogP contribution in [0.1, 0.15) is 10.4 Å². The number of methoxy groups -OCH3 is 3. The van der Waals surface area contributed by atoms with Crippen LogP contribution >= 0.6 is 0 Å². The molecule has 0 radical (unpaired) electrons. The molecule has 0 saturated carbocycles. The predicted molar refractivity (Wildman–Crippen MR) is 122 cm³/mol. The Morgan fingerprint density at radius 2 is 1.50 bits per heavy atom. The van der Waals surface area contributed by atoms with Gasteiger partial charge in [0.2, 0.25) is 5.75 Å². The Labute approximate surface area is 195 Å². The number of carbonyl (C=O) groups excluding carboxylic acids is 1. The number of benzene rings is 2. The number of ether oxygens (including phenoxy) is 3. The average Bonchev–Trinajstić information content (AvgIpc) is 2.89. The van der Waals surface area contributed by atoms with Crippen molar-refractivity contribution in [3.8, 4) is 28.5 Å². The fourth-order valence-corrected chi connectivity index (χ4v) is 3.83. The third kappa shape index (κ3) is 4.57. The molecule has 34 heavy (non-hydrogen) atoms. The molecule has 3 aromatic rings. The van der Waals surface area contributed by atoms with Crippen molar-refractivity contribution in [2.75, 3.05) is 52.4 Å². The summed E-state index contributed by atoms with van der Waals surface area (Å²) in [5, 5.41) is 8.70. The summed E-state index contributed by atoms with van der Waals surface area (Å²) in [5.74, 6) is -0.136. The Hall–Kier alpha value is -3.95. The minimum Gasteiger partial charge on any atom is -0.493 e. The van der Waals surface area contributed by atoms with Crippen molar-refractivity contribution < 1.29 is 27.8 Å². The second-order valence-corrected chi connectivity index (χ2v) is 7.60. The predicted octanol–water partition coefficient (Wildman–Crippen LogP) is 3.41. The van der Waals surface area contributed by atoms with E-state index < -0.39 is 11.6 Å². The number of halogens is 2. The van der Waals surface area contributed by atoms with Crippen LogP contribution in [0.3, 0.4) is 0 Å². The molecule has 1 fully saturated rings. The number of rotatable bonds is 6. The number of anilines is 1. The molecule has 1 aliphatic heterocycles. The maximum Gasteiger partial charge on any atom is 0.254 e. The molecule has 0 N–H and O–H groups in total. The van der Waals surface area contributed by atoms with E-state index in [0.29, 0.717) is 54.9 Å². The first-order chi connectivity index (χ1) is 16.4. The third-order valence-corrected chi connectivity index (χ3v) is 5.67. The molecule has 178 valence electrons. The van der Waals surface area contributed by atoms with Crippen molar-refractivity contribution >= 4 is 11.7 Å². The highest BCUT2D eigenvalue weighted by molar-refractivity contribution is 5.94. The molecular weight excluding hydrogens is 446 g/mol. The van der Waals surface area contributed by atoms with E-state index in [1.807, 2.05) is 17.0 Å². The van der Waals surface area contributed by atoms with Gasteiger partial charge >= 0.3 is 0 Å². The zero-order valence-electron chi connectivity index (χ0n) is 19.0. The maximum atomic E-state index is 13.5. The molecule has 8 nitrogen and oxygen atoms in total. The van der Waals surface area contributed by atoms with Gasteiger partial charge in [0.1, 0.15) is 0 Å². The summed E-state index contributed by atoms with van der Waals surface area (Å²) < 4.78 is 42.8. The van der Waals surface area contributed by atoms with E-state index in [0.717, 1.165) is 17.7 Å². The Morgan fingerprint density at radius 3 is 2.03 bits per heavy atom. The van der Waals surface area contributed by atoms with Crippen LogP contribution in [0.25, 0.3) is 11.3 Å². The van der Waals surface area contributed by atoms with E-state index in [1.165, 1.54) is 6.07 Å². The fraction of sp³-hybridized carbons (Fsp3) is 0.292. The van der Waals surface area contributed by atoms with Gasteiger partial charge in [0.15, 0.2) is 29.0 Å². The summed E-state index contributed by atoms with van der Waals surface area (Å²) in [6, 6.07) is 10.5. The number of nitrogens with zero attached hydrogens (tertiary/aromatic N) is 4. The smallest absolute Gasteiger partial charge is 0.254 e. The van der Waals surface area contributed by atoms with Gasteiger partial charge in [0.25, 0.3) is 5.91 Å². The summed E-state index contributed by atoms with van der Waals surface area (Å²) in [4.78, 5) is 16.2. The highest BCUT2D eigenvalue weighted by Crippen LogP contribution is 2.40. The molecule has 0 aliphatic carbocycles. The van der Waals surface area contributed by atoms with Crippen molar-refractivity contribution in [3.63, 3.8) is 0 Å². The molecule has 1 aliphatic rings. The van der Waals surface area contributed by atoms with Gasteiger partial charge in [-0.05, 0) is 42.5 Å². The quantitative estimate of drug-likeness (QED) is 0.547. The lowest BCUT2D eigenvalue weighted by molar-refractivity contribution is 0.0746. The van der Waals surface area contributed by atoms with Gasteiger partial charge in [-0.15, -0.1) is 10.2 Å². The Kier molecular flexibility index (Phi) is 6.76. The van der Waals surface area contributed by atoms with Crippen LogP contribution in [0.15, 0.2) is 42.5 Å². The van der Waals surface area contributed by atoms with E-state index in [-0.39, 0.29) is 11.5 Å². The molecule has 1 aromatic heterocycles. The number of amides is 1. The van der Waals surface area contributed by atoms with E-state index in [4.69, 9.17) is 14.2 Å². The van der Waals surface area contributed by atoms with Crippen LogP contribution in [0.4, 0.5) is 14.6 Å². The average molecular weight is 470 g/mol. The summed E-state index contributed by atoms with van der Waals surface area (Å²) in [5.41, 5.74) is 1.52. The second kappa shape index (κ2) is 9.90. The normalized spacial score (nSPS) is 13.6. The van der Waals surface area contributed by atoms with Gasteiger partial charge in [0, 0.05) is 37.3 Å². The van der Waals surface area contributed by atoms with E-state index in [9.17, 15) is 13.6 Å². The SMILES string of the molecule is COc1cc(-c2ccc(N3CCN(C(=O)c4ccc(F)c(F)c4)CC3)nn2)cc(OC)c1OC. The Morgan fingerprint density at radius 1 is 0.824 bits per heavy atom. The lowest BCUT2D eigenvalue weighted by atomic mass is 10.1. The molecule has 4 rings (SSSR count). The molecule has 2 aromatic carbocycles. The van der Waals surface area contributed by atoms with Crippen molar-refractivity contribution in [3.05, 3.63) is 59.7 Å². The summed E-state index contributed by atoms with van der Waals surface area (Å²) >= 11 is 0. The number of piperazine rings is 1. The van der Waals surface area contributed by atoms with Crippen LogP contribution in [0.5, 0.6) is 17.2 Å². The molecule has 0 unspecified atom stereocenters. The minimum absolute atomic E-state index is 0.127. The minimum atomic E-state index is -1.04. The number of hydrogen-bond acceptors (Lipinski definition) is 7. The van der Waals surface area contributed by atoms with Gasteiger partial charge in [-0.3, -0.25) is 4.79 Å². The Balaban J connectivity index is 1.44. The topological polar surface area (TPSA) is 77.0 Å². The number of aromatic nitrogens is 2. The highest BCUT2D eigenvalue weighted by Gasteiger charge is 2.24. The molecule has 0 atom stereocenters. The molecule has 2 heterocycles. The molecule has 0 bridgehead atoms. The first-order valence-electron chi connectivity index (χ1n) is 10.6. The molecule has 0 spiro atoms. The molecule has 1 saturated heterocycles. The monoisotopic (exact) mass is 470 g/mol. The van der Waals surface area contributed by atoms with Gasteiger partial charge in [-0.2, -0.15) is 0 Å². The van der Waals surface area contributed by atoms with Crippen molar-refractivity contribution in [1.82, 2.24) is 15.1 Å². The van der Waals surface area contributed by atoms with Crippen LogP contribution in [-0.4, -0.2) is 68.5 Å². The van der Waals surface area contributed by atoms with E-state index >= 15 is 0 Å². The number of carbonyl (C=O) groups is 1. The maximum absolute atomic E-state index is 13.5. The fourth-order valence-electron chi connectivity index (χ4n) is 3.83. The summed E-state index contributed by atoms with van der Waals surface area (Å²) in [7, 11) is 4.64. The lowest BCUT2D eigenvalue weighted by Gasteiger charge is -2.35. The first-order valence-corrected chi connectivity index (χ1v) is 10.6. The van der Waals surface area contributed by atoms with Crippen molar-refractivity contribution in [2.24, 2.45) is 0 Å². The second-order valence-electron chi connectivity index (χ2n) is 7.60. The lowest BCUT2D eigenvalue weighted by Crippen LogP contribution is -2.49.